The maximum absolute atomic E-state index is 12.1. The SMILES string of the molecule is Nc1ccc(S(=O)(=O)Nc2cc(Br)cnc2Cl)cn1. The van der Waals surface area contributed by atoms with Gasteiger partial charge >= 0.3 is 0 Å². The standard InChI is InChI=1S/C10H8BrClN4O2S/c11-6-3-8(10(12)15-4-6)16-19(17,18)7-1-2-9(13)14-5-7/h1-5,16H,(H2,13,14). The smallest absolute Gasteiger partial charge is 0.263 e. The molecule has 3 N–H and O–H groups in total. The number of hydrogen-bond donors (Lipinski definition) is 2. The molecule has 0 bridgehead atoms. The zero-order valence-corrected chi connectivity index (χ0v) is 12.5. The quantitative estimate of drug-likeness (QED) is 0.815. The van der Waals surface area contributed by atoms with Gasteiger partial charge in [0.1, 0.15) is 10.7 Å². The summed E-state index contributed by atoms with van der Waals surface area (Å²) in [5.74, 6) is 0.237. The van der Waals surface area contributed by atoms with Crippen molar-refractivity contribution in [3.8, 4) is 0 Å². The third kappa shape index (κ3) is 3.34. The van der Waals surface area contributed by atoms with Crippen LogP contribution >= 0.6 is 27.5 Å². The van der Waals surface area contributed by atoms with E-state index in [2.05, 4.69) is 30.6 Å². The minimum Gasteiger partial charge on any atom is -0.384 e. The first-order valence-corrected chi connectivity index (χ1v) is 7.59. The van der Waals surface area contributed by atoms with Crippen LogP contribution in [-0.4, -0.2) is 18.4 Å². The van der Waals surface area contributed by atoms with Crippen LogP contribution in [0.2, 0.25) is 5.15 Å². The maximum Gasteiger partial charge on any atom is 0.263 e. The Balaban J connectivity index is 2.36. The van der Waals surface area contributed by atoms with E-state index in [0.717, 1.165) is 6.20 Å². The van der Waals surface area contributed by atoms with Gasteiger partial charge in [-0.15, -0.1) is 0 Å². The van der Waals surface area contributed by atoms with E-state index in [1.807, 2.05) is 0 Å². The molecule has 2 rings (SSSR count). The van der Waals surface area contributed by atoms with Crippen molar-refractivity contribution in [2.24, 2.45) is 0 Å². The average molecular weight is 364 g/mol. The van der Waals surface area contributed by atoms with Gasteiger partial charge in [0.25, 0.3) is 10.0 Å². The van der Waals surface area contributed by atoms with Crippen molar-refractivity contribution in [2.45, 2.75) is 4.90 Å². The predicted molar refractivity (Wildman–Crippen MR) is 76.4 cm³/mol. The number of pyridine rings is 2. The molecule has 0 spiro atoms. The molecule has 100 valence electrons. The van der Waals surface area contributed by atoms with Crippen LogP contribution in [0, 0.1) is 0 Å². The van der Waals surface area contributed by atoms with Crippen LogP contribution in [0.3, 0.4) is 0 Å². The van der Waals surface area contributed by atoms with Gasteiger partial charge in [-0.1, -0.05) is 11.6 Å². The summed E-state index contributed by atoms with van der Waals surface area (Å²) in [4.78, 5) is 7.54. The molecule has 0 atom stereocenters. The molecule has 0 aliphatic heterocycles. The van der Waals surface area contributed by atoms with Crippen molar-refractivity contribution >= 4 is 49.1 Å². The number of halogens is 2. The Kier molecular flexibility index (Phi) is 3.93. The third-order valence-electron chi connectivity index (χ3n) is 2.12. The number of hydrogen-bond acceptors (Lipinski definition) is 5. The Bertz CT molecular complexity index is 706. The molecular weight excluding hydrogens is 356 g/mol. The van der Waals surface area contributed by atoms with Gasteiger partial charge in [0, 0.05) is 16.9 Å². The molecule has 9 heteroatoms. The molecule has 0 unspecified atom stereocenters. The van der Waals surface area contributed by atoms with Gasteiger partial charge in [0.2, 0.25) is 0 Å². The molecule has 0 saturated heterocycles. The highest BCUT2D eigenvalue weighted by Crippen LogP contribution is 2.25. The lowest BCUT2D eigenvalue weighted by atomic mass is 10.4. The molecule has 2 aromatic rings. The van der Waals surface area contributed by atoms with E-state index in [0.29, 0.717) is 4.47 Å². The third-order valence-corrected chi connectivity index (χ3v) is 4.21. The number of aromatic nitrogens is 2. The summed E-state index contributed by atoms with van der Waals surface area (Å²) in [7, 11) is -3.78. The van der Waals surface area contributed by atoms with Gasteiger partial charge in [-0.3, -0.25) is 4.72 Å². The number of rotatable bonds is 3. The molecule has 0 aliphatic carbocycles. The number of nitrogens with one attached hydrogen (secondary N) is 1. The molecule has 0 aromatic carbocycles. The molecule has 0 amide bonds. The van der Waals surface area contributed by atoms with Crippen molar-refractivity contribution < 1.29 is 8.42 Å². The number of anilines is 2. The molecule has 0 radical (unpaired) electrons. The fourth-order valence-corrected chi connectivity index (χ4v) is 2.79. The minimum absolute atomic E-state index is 0.0160. The fraction of sp³-hybridized carbons (Fsp3) is 0. The van der Waals surface area contributed by atoms with Crippen LogP contribution in [0.25, 0.3) is 0 Å². The molecule has 0 aliphatic rings. The van der Waals surface area contributed by atoms with Crippen LogP contribution in [0.4, 0.5) is 11.5 Å². The summed E-state index contributed by atoms with van der Waals surface area (Å²) in [6, 6.07) is 4.26. The van der Waals surface area contributed by atoms with Gasteiger partial charge in [0.15, 0.2) is 5.15 Å². The summed E-state index contributed by atoms with van der Waals surface area (Å²) in [6.45, 7) is 0. The second kappa shape index (κ2) is 5.32. The van der Waals surface area contributed by atoms with Crippen LogP contribution in [0.5, 0.6) is 0 Å². The van der Waals surface area contributed by atoms with E-state index < -0.39 is 10.0 Å². The van der Waals surface area contributed by atoms with Gasteiger partial charge in [-0.2, -0.15) is 0 Å². The first-order chi connectivity index (χ1) is 8.88. The fourth-order valence-electron chi connectivity index (χ4n) is 1.25. The highest BCUT2D eigenvalue weighted by molar-refractivity contribution is 9.10. The lowest BCUT2D eigenvalue weighted by Crippen LogP contribution is -2.14. The van der Waals surface area contributed by atoms with E-state index in [-0.39, 0.29) is 21.6 Å². The summed E-state index contributed by atoms with van der Waals surface area (Å²) in [5.41, 5.74) is 5.58. The van der Waals surface area contributed by atoms with Gasteiger partial charge in [-0.25, -0.2) is 18.4 Å². The van der Waals surface area contributed by atoms with E-state index in [1.54, 1.807) is 0 Å². The maximum atomic E-state index is 12.1. The predicted octanol–water partition coefficient (Wildman–Crippen LogP) is 2.28. The molecule has 2 heterocycles. The number of sulfonamides is 1. The zero-order valence-electron chi connectivity index (χ0n) is 9.34. The number of nitrogens with zero attached hydrogens (tertiary/aromatic N) is 2. The van der Waals surface area contributed by atoms with E-state index in [4.69, 9.17) is 17.3 Å². The first-order valence-electron chi connectivity index (χ1n) is 4.94. The largest absolute Gasteiger partial charge is 0.384 e. The van der Waals surface area contributed by atoms with Crippen molar-refractivity contribution in [2.75, 3.05) is 10.5 Å². The number of nitrogen functional groups attached to an aromatic ring is 1. The first kappa shape index (κ1) is 14.0. The minimum atomic E-state index is -3.78. The van der Waals surface area contributed by atoms with E-state index >= 15 is 0 Å². The summed E-state index contributed by atoms with van der Waals surface area (Å²) >= 11 is 9.01. The van der Waals surface area contributed by atoms with Gasteiger partial charge < -0.3 is 5.73 Å². The topological polar surface area (TPSA) is 98.0 Å². The van der Waals surface area contributed by atoms with Crippen LogP contribution in [-0.2, 0) is 10.0 Å². The Morgan fingerprint density at radius 2 is 2.00 bits per heavy atom. The Labute approximate surface area is 123 Å². The van der Waals surface area contributed by atoms with Crippen LogP contribution in [0.15, 0.2) is 40.0 Å². The molecule has 6 nitrogen and oxygen atoms in total. The van der Waals surface area contributed by atoms with Crippen molar-refractivity contribution in [1.82, 2.24) is 9.97 Å². The lowest BCUT2D eigenvalue weighted by molar-refractivity contribution is 0.601. The second-order valence-electron chi connectivity index (χ2n) is 3.52. The van der Waals surface area contributed by atoms with Crippen molar-refractivity contribution in [3.63, 3.8) is 0 Å². The Morgan fingerprint density at radius 3 is 2.63 bits per heavy atom. The highest BCUT2D eigenvalue weighted by Gasteiger charge is 2.16. The van der Waals surface area contributed by atoms with Gasteiger partial charge in [-0.05, 0) is 34.1 Å². The molecule has 0 saturated carbocycles. The Hall–Kier alpha value is -1.38. The van der Waals surface area contributed by atoms with E-state index in [9.17, 15) is 8.42 Å². The monoisotopic (exact) mass is 362 g/mol. The van der Waals surface area contributed by atoms with Gasteiger partial charge in [0.05, 0.1) is 5.69 Å². The van der Waals surface area contributed by atoms with Crippen LogP contribution in [0.1, 0.15) is 0 Å². The van der Waals surface area contributed by atoms with E-state index in [1.165, 1.54) is 24.4 Å². The van der Waals surface area contributed by atoms with Crippen molar-refractivity contribution in [3.05, 3.63) is 40.2 Å². The van der Waals surface area contributed by atoms with Crippen LogP contribution < -0.4 is 10.5 Å². The lowest BCUT2D eigenvalue weighted by Gasteiger charge is -2.09. The molecular formula is C10H8BrClN4O2S. The molecule has 0 fully saturated rings. The Morgan fingerprint density at radius 1 is 1.26 bits per heavy atom. The average Bonchev–Trinajstić information content (AvgIpc) is 2.34. The molecule has 2 aromatic heterocycles. The molecule has 19 heavy (non-hydrogen) atoms. The second-order valence-corrected chi connectivity index (χ2v) is 6.47. The summed E-state index contributed by atoms with van der Waals surface area (Å²) < 4.78 is 27.1. The van der Waals surface area contributed by atoms with Crippen molar-refractivity contribution in [1.29, 1.82) is 0 Å². The summed E-state index contributed by atoms with van der Waals surface area (Å²) in [5, 5.41) is 0.0511. The normalized spacial score (nSPS) is 11.3. The highest BCUT2D eigenvalue weighted by atomic mass is 79.9. The zero-order chi connectivity index (χ0) is 14.0. The summed E-state index contributed by atoms with van der Waals surface area (Å²) in [6.07, 6.45) is 2.63. The number of nitrogens with two attached hydrogens (primary N) is 1.